The van der Waals surface area contributed by atoms with Gasteiger partial charge in [0.2, 0.25) is 0 Å². The maximum atomic E-state index is 11.4. The normalized spacial score (nSPS) is 24.6. The number of benzene rings is 4. The van der Waals surface area contributed by atoms with Crippen molar-refractivity contribution in [2.75, 3.05) is 0 Å². The third-order valence-corrected chi connectivity index (χ3v) is 7.14. The SMILES string of the molecule is O[C@@H]1[C@@H](O)[C@@H](OCc2ccccc2)[C@H](OCc2ccccc2)[C@@H](OCc2ccccc2)[C@@H]1OCc1ccccc1. The predicted octanol–water partition coefficient (Wildman–Crippen LogP) is 5.06. The number of hydrogen-bond donors (Lipinski definition) is 2. The second kappa shape index (κ2) is 14.3. The molecule has 1 saturated carbocycles. The Hall–Kier alpha value is -3.36. The Bertz CT molecular complexity index is 1150. The highest BCUT2D eigenvalue weighted by Gasteiger charge is 2.52. The molecule has 5 rings (SSSR count). The van der Waals surface area contributed by atoms with Gasteiger partial charge in [0.15, 0.2) is 0 Å². The van der Waals surface area contributed by atoms with Crippen LogP contribution in [0.25, 0.3) is 0 Å². The average molecular weight is 541 g/mol. The van der Waals surface area contributed by atoms with Gasteiger partial charge >= 0.3 is 0 Å². The predicted molar refractivity (Wildman–Crippen MR) is 152 cm³/mol. The number of hydrogen-bond acceptors (Lipinski definition) is 6. The first-order chi connectivity index (χ1) is 19.7. The molecule has 0 spiro atoms. The maximum absolute atomic E-state index is 11.4. The molecule has 6 atom stereocenters. The van der Waals surface area contributed by atoms with E-state index in [1.807, 2.05) is 121 Å². The smallest absolute Gasteiger partial charge is 0.116 e. The average Bonchev–Trinajstić information content (AvgIpc) is 3.01. The number of aliphatic hydroxyl groups excluding tert-OH is 2. The zero-order valence-electron chi connectivity index (χ0n) is 22.4. The van der Waals surface area contributed by atoms with Crippen LogP contribution >= 0.6 is 0 Å². The molecule has 40 heavy (non-hydrogen) atoms. The Morgan fingerprint density at radius 2 is 0.575 bits per heavy atom. The highest BCUT2D eigenvalue weighted by molar-refractivity contribution is 5.17. The summed E-state index contributed by atoms with van der Waals surface area (Å²) in [5.41, 5.74) is 3.87. The zero-order chi connectivity index (χ0) is 27.6. The van der Waals surface area contributed by atoms with E-state index >= 15 is 0 Å². The lowest BCUT2D eigenvalue weighted by molar-refractivity contribution is -0.273. The van der Waals surface area contributed by atoms with E-state index < -0.39 is 36.6 Å². The number of ether oxygens (including phenoxy) is 4. The minimum absolute atomic E-state index is 0.251. The maximum Gasteiger partial charge on any atom is 0.116 e. The first kappa shape index (κ1) is 28.2. The molecule has 0 saturated heterocycles. The van der Waals surface area contributed by atoms with Gasteiger partial charge < -0.3 is 29.2 Å². The second-order valence-corrected chi connectivity index (χ2v) is 10.0. The van der Waals surface area contributed by atoms with Gasteiger partial charge in [0.25, 0.3) is 0 Å². The summed E-state index contributed by atoms with van der Waals surface area (Å²) in [5, 5.41) is 22.7. The van der Waals surface area contributed by atoms with Gasteiger partial charge in [-0.1, -0.05) is 121 Å². The zero-order valence-corrected chi connectivity index (χ0v) is 22.4. The molecule has 0 aromatic heterocycles. The van der Waals surface area contributed by atoms with E-state index in [4.69, 9.17) is 18.9 Å². The van der Waals surface area contributed by atoms with Crippen molar-refractivity contribution < 1.29 is 29.2 Å². The van der Waals surface area contributed by atoms with Gasteiger partial charge in [-0.05, 0) is 22.3 Å². The van der Waals surface area contributed by atoms with Crippen molar-refractivity contribution >= 4 is 0 Å². The van der Waals surface area contributed by atoms with Crippen LogP contribution in [0.3, 0.4) is 0 Å². The summed E-state index contributed by atoms with van der Waals surface area (Å²) in [6.45, 7) is 1.08. The molecule has 6 nitrogen and oxygen atoms in total. The van der Waals surface area contributed by atoms with Gasteiger partial charge in [-0.2, -0.15) is 0 Å². The molecule has 6 heteroatoms. The molecule has 1 aliphatic rings. The Kier molecular flexibility index (Phi) is 10.1. The van der Waals surface area contributed by atoms with Gasteiger partial charge in [0, 0.05) is 0 Å². The summed E-state index contributed by atoms with van der Waals surface area (Å²) < 4.78 is 25.5. The van der Waals surface area contributed by atoms with E-state index in [9.17, 15) is 10.2 Å². The lowest BCUT2D eigenvalue weighted by Crippen LogP contribution is -2.66. The van der Waals surface area contributed by atoms with Crippen molar-refractivity contribution in [1.29, 1.82) is 0 Å². The third kappa shape index (κ3) is 7.43. The number of aliphatic hydroxyl groups is 2. The van der Waals surface area contributed by atoms with E-state index in [1.54, 1.807) is 0 Å². The van der Waals surface area contributed by atoms with E-state index in [0.717, 1.165) is 22.3 Å². The molecular formula is C34H36O6. The van der Waals surface area contributed by atoms with Gasteiger partial charge in [-0.15, -0.1) is 0 Å². The molecule has 0 heterocycles. The van der Waals surface area contributed by atoms with Crippen LogP contribution in [0.2, 0.25) is 0 Å². The van der Waals surface area contributed by atoms with Gasteiger partial charge in [0.1, 0.15) is 36.6 Å². The topological polar surface area (TPSA) is 77.4 Å². The van der Waals surface area contributed by atoms with E-state index in [2.05, 4.69) is 0 Å². The van der Waals surface area contributed by atoms with Gasteiger partial charge in [-0.3, -0.25) is 0 Å². The molecule has 0 aliphatic heterocycles. The summed E-state index contributed by atoms with van der Waals surface area (Å²) in [5.74, 6) is 0. The highest BCUT2D eigenvalue weighted by Crippen LogP contribution is 2.32. The molecule has 1 aliphatic carbocycles. The lowest BCUT2D eigenvalue weighted by Gasteiger charge is -2.47. The Morgan fingerprint density at radius 3 is 0.825 bits per heavy atom. The largest absolute Gasteiger partial charge is 0.387 e. The Morgan fingerprint density at radius 1 is 0.350 bits per heavy atom. The Labute approximate surface area is 235 Å². The summed E-state index contributed by atoms with van der Waals surface area (Å²) in [7, 11) is 0. The van der Waals surface area contributed by atoms with Crippen molar-refractivity contribution in [2.24, 2.45) is 0 Å². The van der Waals surface area contributed by atoms with Crippen LogP contribution in [0, 0.1) is 0 Å². The minimum atomic E-state index is -1.25. The van der Waals surface area contributed by atoms with Crippen LogP contribution in [0.15, 0.2) is 121 Å². The molecule has 0 unspecified atom stereocenters. The van der Waals surface area contributed by atoms with Gasteiger partial charge in [-0.25, -0.2) is 0 Å². The van der Waals surface area contributed by atoms with Crippen LogP contribution in [0.4, 0.5) is 0 Å². The second-order valence-electron chi connectivity index (χ2n) is 10.0. The molecule has 1 fully saturated rings. The summed E-state index contributed by atoms with van der Waals surface area (Å²) in [4.78, 5) is 0. The number of rotatable bonds is 12. The van der Waals surface area contributed by atoms with Crippen LogP contribution in [0.5, 0.6) is 0 Å². The Balaban J connectivity index is 1.42. The molecule has 4 aromatic carbocycles. The monoisotopic (exact) mass is 540 g/mol. The van der Waals surface area contributed by atoms with Crippen LogP contribution < -0.4 is 0 Å². The van der Waals surface area contributed by atoms with E-state index in [0.29, 0.717) is 0 Å². The first-order valence-corrected chi connectivity index (χ1v) is 13.7. The third-order valence-electron chi connectivity index (χ3n) is 7.14. The molecule has 0 amide bonds. The van der Waals surface area contributed by atoms with Crippen molar-refractivity contribution in [3.63, 3.8) is 0 Å². The fraction of sp³-hybridized carbons (Fsp3) is 0.294. The molecule has 4 aromatic rings. The molecule has 0 bridgehead atoms. The van der Waals surface area contributed by atoms with Crippen molar-refractivity contribution in [1.82, 2.24) is 0 Å². The standard InChI is InChI=1S/C34H36O6/c35-29-30(36)32(38-22-26-15-7-2-8-16-26)34(40-24-28-19-11-4-12-20-28)33(39-23-27-17-9-3-10-18-27)31(29)37-21-25-13-5-1-6-14-25/h1-20,29-36H,21-24H2/t29-,30-,31-,32-,33+,34+/m1/s1. The lowest BCUT2D eigenvalue weighted by atomic mass is 9.84. The minimum Gasteiger partial charge on any atom is -0.387 e. The van der Waals surface area contributed by atoms with E-state index in [1.165, 1.54) is 0 Å². The van der Waals surface area contributed by atoms with Crippen molar-refractivity contribution in [2.45, 2.75) is 63.1 Å². The fourth-order valence-corrected chi connectivity index (χ4v) is 4.98. The highest BCUT2D eigenvalue weighted by atomic mass is 16.6. The quantitative estimate of drug-likeness (QED) is 0.262. The van der Waals surface area contributed by atoms with Crippen LogP contribution in [-0.2, 0) is 45.4 Å². The summed E-state index contributed by atoms with van der Waals surface area (Å²) in [6.07, 6.45) is -5.63. The fourth-order valence-electron chi connectivity index (χ4n) is 4.98. The van der Waals surface area contributed by atoms with Crippen molar-refractivity contribution in [3.05, 3.63) is 144 Å². The van der Waals surface area contributed by atoms with E-state index in [-0.39, 0.29) is 26.4 Å². The first-order valence-electron chi connectivity index (χ1n) is 13.7. The van der Waals surface area contributed by atoms with Crippen LogP contribution in [0.1, 0.15) is 22.3 Å². The molecule has 208 valence electrons. The summed E-state index contributed by atoms with van der Waals surface area (Å²) in [6, 6.07) is 39.1. The van der Waals surface area contributed by atoms with Crippen LogP contribution in [-0.4, -0.2) is 46.8 Å². The molecule has 0 radical (unpaired) electrons. The molecular weight excluding hydrogens is 504 g/mol. The van der Waals surface area contributed by atoms with Gasteiger partial charge in [0.05, 0.1) is 26.4 Å². The summed E-state index contributed by atoms with van der Waals surface area (Å²) >= 11 is 0. The van der Waals surface area contributed by atoms with Crippen molar-refractivity contribution in [3.8, 4) is 0 Å². The molecule has 2 N–H and O–H groups in total.